The first-order valence-corrected chi connectivity index (χ1v) is 7.93. The van der Waals surface area contributed by atoms with Crippen LogP contribution in [0.2, 0.25) is 10.0 Å². The second-order valence-electron chi connectivity index (χ2n) is 4.07. The number of nitrogens with one attached hydrogen (secondary N) is 1. The third-order valence-corrected chi connectivity index (χ3v) is 4.61. The monoisotopic (exact) mass is 330 g/mol. The summed E-state index contributed by atoms with van der Waals surface area (Å²) in [5.41, 5.74) is 6.48. The molecule has 0 spiro atoms. The molecule has 106 valence electrons. The summed E-state index contributed by atoms with van der Waals surface area (Å²) >= 11 is 11.7. The van der Waals surface area contributed by atoms with Crippen LogP contribution < -0.4 is 10.5 Å². The summed E-state index contributed by atoms with van der Waals surface area (Å²) in [5.74, 6) is 0. The molecule has 0 fully saturated rings. The van der Waals surface area contributed by atoms with Gasteiger partial charge in [0.25, 0.3) is 10.0 Å². The first-order valence-electron chi connectivity index (χ1n) is 5.69. The Bertz CT molecular complexity index is 733. The Morgan fingerprint density at radius 1 is 1.10 bits per heavy atom. The van der Waals surface area contributed by atoms with Crippen LogP contribution in [0.25, 0.3) is 0 Å². The summed E-state index contributed by atoms with van der Waals surface area (Å²) < 4.78 is 27.0. The lowest BCUT2D eigenvalue weighted by atomic mass is 10.2. The number of hydrogen-bond acceptors (Lipinski definition) is 3. The predicted octanol–water partition coefficient (Wildman–Crippen LogP) is 3.25. The van der Waals surface area contributed by atoms with Crippen molar-refractivity contribution in [2.45, 2.75) is 11.4 Å². The summed E-state index contributed by atoms with van der Waals surface area (Å²) in [6.07, 6.45) is 0. The maximum atomic E-state index is 12.3. The zero-order valence-corrected chi connectivity index (χ0v) is 12.6. The third-order valence-electron chi connectivity index (χ3n) is 2.62. The number of benzene rings is 2. The molecule has 0 aliphatic rings. The van der Waals surface area contributed by atoms with Crippen molar-refractivity contribution in [3.05, 3.63) is 58.1 Å². The molecule has 0 unspecified atom stereocenters. The molecule has 2 rings (SSSR count). The molecule has 0 heterocycles. The lowest BCUT2D eigenvalue weighted by Crippen LogP contribution is -2.13. The van der Waals surface area contributed by atoms with Crippen LogP contribution in [0, 0.1) is 0 Å². The fraction of sp³-hybridized carbons (Fsp3) is 0.0769. The molecule has 7 heteroatoms. The Hall–Kier alpha value is -1.27. The lowest BCUT2D eigenvalue weighted by molar-refractivity contribution is 0.601. The van der Waals surface area contributed by atoms with Crippen LogP contribution >= 0.6 is 23.2 Å². The standard InChI is InChI=1S/C13H12Cl2N2O2S/c14-10-2-1-3-11(7-10)17-20(18,19)12-4-5-13(15)9(6-12)8-16/h1-7,17H,8,16H2. The molecule has 20 heavy (non-hydrogen) atoms. The largest absolute Gasteiger partial charge is 0.326 e. The van der Waals surface area contributed by atoms with Crippen molar-refractivity contribution in [2.75, 3.05) is 4.72 Å². The smallest absolute Gasteiger partial charge is 0.261 e. The first-order chi connectivity index (χ1) is 9.42. The topological polar surface area (TPSA) is 72.2 Å². The molecule has 0 radical (unpaired) electrons. The maximum absolute atomic E-state index is 12.3. The minimum atomic E-state index is -3.70. The van der Waals surface area contributed by atoms with E-state index in [0.717, 1.165) is 0 Å². The van der Waals surface area contributed by atoms with Gasteiger partial charge >= 0.3 is 0 Å². The van der Waals surface area contributed by atoms with E-state index < -0.39 is 10.0 Å². The minimum Gasteiger partial charge on any atom is -0.326 e. The molecular weight excluding hydrogens is 319 g/mol. The SMILES string of the molecule is NCc1cc(S(=O)(=O)Nc2cccc(Cl)c2)ccc1Cl. The molecule has 0 saturated heterocycles. The van der Waals surface area contributed by atoms with E-state index >= 15 is 0 Å². The van der Waals surface area contributed by atoms with Crippen LogP contribution in [0.3, 0.4) is 0 Å². The molecule has 0 aliphatic heterocycles. The molecular formula is C13H12Cl2N2O2S. The van der Waals surface area contributed by atoms with E-state index in [0.29, 0.717) is 21.3 Å². The van der Waals surface area contributed by atoms with E-state index in [1.54, 1.807) is 18.2 Å². The normalized spacial score (nSPS) is 11.3. The Balaban J connectivity index is 2.35. The minimum absolute atomic E-state index is 0.0994. The van der Waals surface area contributed by atoms with Crippen LogP contribution in [-0.2, 0) is 16.6 Å². The van der Waals surface area contributed by atoms with Crippen molar-refractivity contribution in [1.29, 1.82) is 0 Å². The lowest BCUT2D eigenvalue weighted by Gasteiger charge is -2.10. The molecule has 2 aromatic carbocycles. The Kier molecular flexibility index (Phi) is 4.55. The zero-order valence-electron chi connectivity index (χ0n) is 10.3. The highest BCUT2D eigenvalue weighted by atomic mass is 35.5. The fourth-order valence-electron chi connectivity index (χ4n) is 1.64. The van der Waals surface area contributed by atoms with E-state index in [-0.39, 0.29) is 11.4 Å². The van der Waals surface area contributed by atoms with Crippen molar-refractivity contribution >= 4 is 38.9 Å². The Morgan fingerprint density at radius 2 is 1.85 bits per heavy atom. The summed E-state index contributed by atoms with van der Waals surface area (Å²) in [6, 6.07) is 10.9. The van der Waals surface area contributed by atoms with Gasteiger partial charge in [-0.25, -0.2) is 8.42 Å². The van der Waals surface area contributed by atoms with Crippen molar-refractivity contribution < 1.29 is 8.42 Å². The average Bonchev–Trinajstić information content (AvgIpc) is 2.38. The third kappa shape index (κ3) is 3.43. The van der Waals surface area contributed by atoms with Crippen molar-refractivity contribution in [3.8, 4) is 0 Å². The first kappa shape index (κ1) is 15.1. The molecule has 0 amide bonds. The number of hydrogen-bond donors (Lipinski definition) is 2. The molecule has 0 atom stereocenters. The van der Waals surface area contributed by atoms with Gasteiger partial charge in [0, 0.05) is 16.6 Å². The molecule has 3 N–H and O–H groups in total. The summed E-state index contributed by atoms with van der Waals surface area (Å²) in [4.78, 5) is 0.0994. The van der Waals surface area contributed by atoms with Gasteiger partial charge < -0.3 is 5.73 Å². The van der Waals surface area contributed by atoms with Crippen molar-refractivity contribution in [3.63, 3.8) is 0 Å². The van der Waals surface area contributed by atoms with Gasteiger partial charge in [-0.05, 0) is 42.0 Å². The van der Waals surface area contributed by atoms with Gasteiger partial charge in [0.2, 0.25) is 0 Å². The van der Waals surface area contributed by atoms with Crippen LogP contribution in [-0.4, -0.2) is 8.42 Å². The highest BCUT2D eigenvalue weighted by molar-refractivity contribution is 7.92. The molecule has 0 saturated carbocycles. The molecule has 4 nitrogen and oxygen atoms in total. The van der Waals surface area contributed by atoms with E-state index in [9.17, 15) is 8.42 Å². The van der Waals surface area contributed by atoms with Crippen LogP contribution in [0.4, 0.5) is 5.69 Å². The van der Waals surface area contributed by atoms with Crippen LogP contribution in [0.5, 0.6) is 0 Å². The molecule has 2 aromatic rings. The van der Waals surface area contributed by atoms with Crippen molar-refractivity contribution in [2.24, 2.45) is 5.73 Å². The van der Waals surface area contributed by atoms with Crippen molar-refractivity contribution in [1.82, 2.24) is 0 Å². The fourth-order valence-corrected chi connectivity index (χ4v) is 3.13. The van der Waals surface area contributed by atoms with E-state index in [2.05, 4.69) is 4.72 Å². The molecule has 0 bridgehead atoms. The zero-order chi connectivity index (χ0) is 14.8. The maximum Gasteiger partial charge on any atom is 0.261 e. The second-order valence-corrected chi connectivity index (χ2v) is 6.60. The van der Waals surface area contributed by atoms with E-state index in [1.165, 1.54) is 24.3 Å². The Labute approximate surface area is 127 Å². The molecule has 0 aliphatic carbocycles. The Morgan fingerprint density at radius 3 is 2.50 bits per heavy atom. The summed E-state index contributed by atoms with van der Waals surface area (Å²) in [6.45, 7) is 0.166. The van der Waals surface area contributed by atoms with Gasteiger partial charge in [0.15, 0.2) is 0 Å². The highest BCUT2D eigenvalue weighted by Gasteiger charge is 2.15. The number of halogens is 2. The average molecular weight is 331 g/mol. The highest BCUT2D eigenvalue weighted by Crippen LogP contribution is 2.23. The second kappa shape index (κ2) is 6.01. The quantitative estimate of drug-likeness (QED) is 0.903. The van der Waals surface area contributed by atoms with Gasteiger partial charge in [-0.15, -0.1) is 0 Å². The van der Waals surface area contributed by atoms with E-state index in [4.69, 9.17) is 28.9 Å². The van der Waals surface area contributed by atoms with Gasteiger partial charge in [0.1, 0.15) is 0 Å². The van der Waals surface area contributed by atoms with Gasteiger partial charge in [-0.3, -0.25) is 4.72 Å². The molecule has 0 aromatic heterocycles. The number of anilines is 1. The summed E-state index contributed by atoms with van der Waals surface area (Å²) in [5, 5.41) is 0.887. The number of sulfonamides is 1. The van der Waals surface area contributed by atoms with Crippen LogP contribution in [0.15, 0.2) is 47.4 Å². The van der Waals surface area contributed by atoms with E-state index in [1.807, 2.05) is 0 Å². The van der Waals surface area contributed by atoms with Gasteiger partial charge in [-0.1, -0.05) is 29.3 Å². The van der Waals surface area contributed by atoms with Crippen LogP contribution in [0.1, 0.15) is 5.56 Å². The predicted molar refractivity (Wildman–Crippen MR) is 81.6 cm³/mol. The van der Waals surface area contributed by atoms with Gasteiger partial charge in [-0.2, -0.15) is 0 Å². The summed E-state index contributed by atoms with van der Waals surface area (Å²) in [7, 11) is -3.70. The number of nitrogens with two attached hydrogens (primary N) is 1. The van der Waals surface area contributed by atoms with Gasteiger partial charge in [0.05, 0.1) is 10.6 Å². The number of rotatable bonds is 4.